The highest BCUT2D eigenvalue weighted by Gasteiger charge is 2.27. The summed E-state index contributed by atoms with van der Waals surface area (Å²) in [5, 5.41) is 34.4. The van der Waals surface area contributed by atoms with Crippen molar-refractivity contribution in [2.45, 2.75) is 0 Å². The number of carbonyl (C=O) groups excluding carboxylic acids is 1. The van der Waals surface area contributed by atoms with Gasteiger partial charge in [0, 0.05) is 26.6 Å². The zero-order valence-electron chi connectivity index (χ0n) is 18.0. The SMILES string of the molecule is N#[N+]C1=C2C=CC(=S(=O)([O-])O)C=C2C(=NN=C2C=CC(=NN=C3C=CC(=O)C(C(=O)O)=C3)C=C2)C=C1. The van der Waals surface area contributed by atoms with Crippen LogP contribution >= 0.6 is 0 Å². The van der Waals surface area contributed by atoms with Crippen LogP contribution in [0, 0.1) is 5.39 Å². The van der Waals surface area contributed by atoms with Crippen LogP contribution in [0.25, 0.3) is 4.98 Å². The molecule has 1 atom stereocenters. The normalized spacial score (nSPS) is 22.4. The van der Waals surface area contributed by atoms with Gasteiger partial charge in [-0.05, 0) is 66.8 Å². The Morgan fingerprint density at radius 2 is 1.47 bits per heavy atom. The number of aliphatic carboxylic acids is 1. The summed E-state index contributed by atoms with van der Waals surface area (Å²) in [6, 6.07) is 0. The number of nitrogens with zero attached hydrogens (tertiary/aromatic N) is 6. The van der Waals surface area contributed by atoms with Crippen LogP contribution in [-0.4, -0.2) is 57.9 Å². The molecule has 0 aromatic rings. The molecule has 0 radical (unpaired) electrons. The van der Waals surface area contributed by atoms with Crippen LogP contribution in [0.2, 0.25) is 0 Å². The van der Waals surface area contributed by atoms with E-state index in [1.54, 1.807) is 24.3 Å². The number of hydrogen-bond donors (Lipinski definition) is 2. The molecule has 0 heterocycles. The lowest BCUT2D eigenvalue weighted by molar-refractivity contribution is -0.134. The summed E-state index contributed by atoms with van der Waals surface area (Å²) >= 11 is 0. The molecule has 12 nitrogen and oxygen atoms in total. The molecule has 0 bridgehead atoms. The van der Waals surface area contributed by atoms with E-state index in [1.807, 2.05) is 0 Å². The zero-order chi connectivity index (χ0) is 25.9. The Labute approximate surface area is 203 Å². The first-order chi connectivity index (χ1) is 17.2. The zero-order valence-corrected chi connectivity index (χ0v) is 18.9. The molecule has 4 aliphatic carbocycles. The molecular weight excluding hydrogens is 488 g/mol. The maximum atomic E-state index is 11.5. The maximum Gasteiger partial charge on any atom is 0.392 e. The van der Waals surface area contributed by atoms with E-state index in [-0.39, 0.29) is 22.0 Å². The molecular formula is C23H14N6O6S. The van der Waals surface area contributed by atoms with Crippen LogP contribution in [0.3, 0.4) is 0 Å². The minimum absolute atomic E-state index is 0.181. The summed E-state index contributed by atoms with van der Waals surface area (Å²) in [4.78, 5) is 25.4. The molecule has 178 valence electrons. The Bertz CT molecular complexity index is 1610. The van der Waals surface area contributed by atoms with Crippen molar-refractivity contribution in [3.8, 4) is 0 Å². The third-order valence-corrected chi connectivity index (χ3v) is 5.79. The van der Waals surface area contributed by atoms with Crippen molar-refractivity contribution < 1.29 is 28.0 Å². The molecule has 1 unspecified atom stereocenters. The van der Waals surface area contributed by atoms with Gasteiger partial charge in [0.25, 0.3) is 0 Å². The summed E-state index contributed by atoms with van der Waals surface area (Å²) in [7, 11) is -4.47. The number of carbonyl (C=O) groups is 2. The lowest BCUT2D eigenvalue weighted by Gasteiger charge is -2.17. The van der Waals surface area contributed by atoms with Crippen molar-refractivity contribution in [3.63, 3.8) is 0 Å². The third kappa shape index (κ3) is 5.26. The quantitative estimate of drug-likeness (QED) is 0.194. The van der Waals surface area contributed by atoms with Gasteiger partial charge < -0.3 is 14.2 Å². The maximum absolute atomic E-state index is 11.5. The van der Waals surface area contributed by atoms with Gasteiger partial charge in [-0.25, -0.2) is 4.79 Å². The van der Waals surface area contributed by atoms with Gasteiger partial charge in [0.1, 0.15) is 5.57 Å². The van der Waals surface area contributed by atoms with Crippen LogP contribution in [0.5, 0.6) is 0 Å². The topological polar surface area (TPSA) is 192 Å². The van der Waals surface area contributed by atoms with Crippen molar-refractivity contribution in [1.29, 1.82) is 5.39 Å². The fourth-order valence-corrected chi connectivity index (χ4v) is 3.70. The summed E-state index contributed by atoms with van der Waals surface area (Å²) in [5.74, 6) is -1.98. The summed E-state index contributed by atoms with van der Waals surface area (Å²) in [6.45, 7) is 0. The molecule has 36 heavy (non-hydrogen) atoms. The second kappa shape index (κ2) is 9.76. The largest absolute Gasteiger partial charge is 0.757 e. The number of diazo groups is 1. The van der Waals surface area contributed by atoms with Crippen LogP contribution in [0.1, 0.15) is 0 Å². The number of carboxylic acids is 1. The van der Waals surface area contributed by atoms with Gasteiger partial charge in [0.2, 0.25) is 5.39 Å². The molecule has 13 heteroatoms. The number of allylic oxidation sites excluding steroid dienone is 14. The molecule has 4 aliphatic rings. The number of carboxylic acid groups (broad SMARTS) is 1. The number of rotatable bonds is 3. The molecule has 0 aromatic carbocycles. The summed E-state index contributed by atoms with van der Waals surface area (Å²) in [6.07, 6.45) is 16.7. The van der Waals surface area contributed by atoms with E-state index < -0.39 is 27.4 Å². The first-order valence-corrected chi connectivity index (χ1v) is 11.5. The Morgan fingerprint density at radius 1 is 0.861 bits per heavy atom. The van der Waals surface area contributed by atoms with Crippen LogP contribution < -0.4 is 0 Å². The first-order valence-electron chi connectivity index (χ1n) is 10.0. The second-order valence-corrected chi connectivity index (χ2v) is 8.71. The van der Waals surface area contributed by atoms with E-state index >= 15 is 0 Å². The average molecular weight is 502 g/mol. The van der Waals surface area contributed by atoms with Gasteiger partial charge in [-0.3, -0.25) is 9.00 Å². The summed E-state index contributed by atoms with van der Waals surface area (Å²) in [5.41, 5.74) is 1.78. The molecule has 0 spiro atoms. The predicted octanol–water partition coefficient (Wildman–Crippen LogP) is 2.09. The van der Waals surface area contributed by atoms with Crippen molar-refractivity contribution in [2.24, 2.45) is 20.4 Å². The molecule has 4 rings (SSSR count). The summed E-state index contributed by atoms with van der Waals surface area (Å²) < 4.78 is 32.4. The fourth-order valence-electron chi connectivity index (χ4n) is 3.19. The molecule has 0 saturated heterocycles. The third-order valence-electron chi connectivity index (χ3n) is 4.95. The highest BCUT2D eigenvalue weighted by molar-refractivity contribution is 7.92. The van der Waals surface area contributed by atoms with E-state index in [4.69, 9.17) is 5.11 Å². The molecule has 0 fully saturated rings. The minimum atomic E-state index is -4.47. The van der Waals surface area contributed by atoms with Crippen molar-refractivity contribution in [3.05, 3.63) is 100 Å². The number of hydrogen-bond acceptors (Lipinski definition) is 9. The van der Waals surface area contributed by atoms with Crippen molar-refractivity contribution >= 4 is 49.5 Å². The van der Waals surface area contributed by atoms with Gasteiger partial charge in [-0.15, -0.1) is 5.10 Å². The van der Waals surface area contributed by atoms with Gasteiger partial charge in [-0.2, -0.15) is 15.3 Å². The molecule has 0 aliphatic heterocycles. The Balaban J connectivity index is 1.57. The number of fused-ring (bicyclic) bond motifs is 1. The van der Waals surface area contributed by atoms with E-state index in [0.29, 0.717) is 22.6 Å². The van der Waals surface area contributed by atoms with Crippen LogP contribution in [-0.2, 0) is 19.7 Å². The lowest BCUT2D eigenvalue weighted by atomic mass is 9.90. The van der Waals surface area contributed by atoms with E-state index in [9.17, 15) is 28.3 Å². The van der Waals surface area contributed by atoms with E-state index in [1.165, 1.54) is 36.5 Å². The van der Waals surface area contributed by atoms with Crippen molar-refractivity contribution in [2.75, 3.05) is 0 Å². The van der Waals surface area contributed by atoms with Crippen LogP contribution in [0.15, 0.2) is 116 Å². The predicted molar refractivity (Wildman–Crippen MR) is 133 cm³/mol. The molecule has 0 saturated carbocycles. The molecule has 2 N–H and O–H groups in total. The monoisotopic (exact) mass is 502 g/mol. The minimum Gasteiger partial charge on any atom is -0.757 e. The van der Waals surface area contributed by atoms with Gasteiger partial charge in [0.15, 0.2) is 10.8 Å². The Morgan fingerprint density at radius 3 is 2.08 bits per heavy atom. The Kier molecular flexibility index (Phi) is 6.57. The standard InChI is InChI=1S/C23H14N6O6S/c24-25-20-8-9-21(18-12-16(36(33,34)35)6-7-17(18)20)29-27-14-3-1-13(2-4-14)26-28-15-5-10-22(30)19(11-15)23(31)32/h1-12H,(H2-,26,29,30,31,32,33,34,35). The highest BCUT2D eigenvalue weighted by atomic mass is 32.2. The average Bonchev–Trinajstić information content (AvgIpc) is 2.86. The van der Waals surface area contributed by atoms with Crippen LogP contribution in [0.4, 0.5) is 0 Å². The second-order valence-electron chi connectivity index (χ2n) is 7.29. The fraction of sp³-hybridized carbons (Fsp3) is 0. The van der Waals surface area contributed by atoms with Gasteiger partial charge in [-0.1, -0.05) is 0 Å². The molecule has 0 amide bonds. The van der Waals surface area contributed by atoms with Crippen molar-refractivity contribution in [1.82, 2.24) is 0 Å². The smallest absolute Gasteiger partial charge is 0.392 e. The molecule has 0 aromatic heterocycles. The number of ketones is 1. The lowest BCUT2D eigenvalue weighted by Crippen LogP contribution is -2.17. The Hall–Kier alpha value is -4.90. The van der Waals surface area contributed by atoms with Gasteiger partial charge in [0.05, 0.1) is 28.4 Å². The first kappa shape index (κ1) is 24.2. The highest BCUT2D eigenvalue weighted by Crippen LogP contribution is 2.28. The van der Waals surface area contributed by atoms with Gasteiger partial charge >= 0.3 is 11.7 Å². The van der Waals surface area contributed by atoms with E-state index in [2.05, 4.69) is 25.4 Å². The van der Waals surface area contributed by atoms with E-state index in [0.717, 1.165) is 12.2 Å².